The highest BCUT2D eigenvalue weighted by Crippen LogP contribution is 2.20. The Labute approximate surface area is 124 Å². The standard InChI is InChI=1S/C14H14BrN3S/c1-18-14-5-3-2-4-12(14)13(17-18)8-16-7-11-6-10(15)9-19-11/h2-6,9,16H,7-8H2,1H3. The van der Waals surface area contributed by atoms with Crippen LogP contribution in [0.3, 0.4) is 0 Å². The molecule has 0 aliphatic carbocycles. The molecule has 2 aromatic heterocycles. The van der Waals surface area contributed by atoms with Crippen LogP contribution in [-0.4, -0.2) is 9.78 Å². The van der Waals surface area contributed by atoms with Crippen molar-refractivity contribution in [1.82, 2.24) is 15.1 Å². The Hall–Kier alpha value is -1.17. The maximum Gasteiger partial charge on any atom is 0.0841 e. The first-order valence-corrected chi connectivity index (χ1v) is 7.75. The number of nitrogens with zero attached hydrogens (tertiary/aromatic N) is 2. The predicted octanol–water partition coefficient (Wildman–Crippen LogP) is 3.69. The Morgan fingerprint density at radius 1 is 1.32 bits per heavy atom. The van der Waals surface area contributed by atoms with Crippen LogP contribution in [0.25, 0.3) is 10.9 Å². The predicted molar refractivity (Wildman–Crippen MR) is 83.3 cm³/mol. The summed E-state index contributed by atoms with van der Waals surface area (Å²) in [6, 6.07) is 10.5. The van der Waals surface area contributed by atoms with Crippen molar-refractivity contribution >= 4 is 38.2 Å². The van der Waals surface area contributed by atoms with Crippen LogP contribution < -0.4 is 5.32 Å². The number of nitrogens with one attached hydrogen (secondary N) is 1. The van der Waals surface area contributed by atoms with Crippen LogP contribution in [0.1, 0.15) is 10.6 Å². The maximum absolute atomic E-state index is 4.57. The quantitative estimate of drug-likeness (QED) is 0.788. The number of hydrogen-bond donors (Lipinski definition) is 1. The van der Waals surface area contributed by atoms with E-state index in [9.17, 15) is 0 Å². The van der Waals surface area contributed by atoms with E-state index >= 15 is 0 Å². The third-order valence-electron chi connectivity index (χ3n) is 3.05. The largest absolute Gasteiger partial charge is 0.306 e. The highest BCUT2D eigenvalue weighted by molar-refractivity contribution is 9.10. The molecular formula is C14H14BrN3S. The van der Waals surface area contributed by atoms with Crippen LogP contribution in [0.5, 0.6) is 0 Å². The van der Waals surface area contributed by atoms with Crippen molar-refractivity contribution in [2.24, 2.45) is 7.05 Å². The van der Waals surface area contributed by atoms with E-state index in [-0.39, 0.29) is 0 Å². The monoisotopic (exact) mass is 335 g/mol. The molecule has 0 amide bonds. The van der Waals surface area contributed by atoms with Gasteiger partial charge in [-0.2, -0.15) is 5.10 Å². The van der Waals surface area contributed by atoms with Gasteiger partial charge in [-0.15, -0.1) is 11.3 Å². The Morgan fingerprint density at radius 3 is 2.95 bits per heavy atom. The Kier molecular flexibility index (Phi) is 3.68. The molecule has 0 fully saturated rings. The Balaban J connectivity index is 1.72. The fourth-order valence-electron chi connectivity index (χ4n) is 2.17. The van der Waals surface area contributed by atoms with E-state index in [0.717, 1.165) is 23.3 Å². The van der Waals surface area contributed by atoms with E-state index in [1.165, 1.54) is 15.8 Å². The van der Waals surface area contributed by atoms with Gasteiger partial charge in [-0.1, -0.05) is 18.2 Å². The molecule has 98 valence electrons. The molecule has 19 heavy (non-hydrogen) atoms. The molecule has 3 rings (SSSR count). The van der Waals surface area contributed by atoms with Gasteiger partial charge in [0.1, 0.15) is 0 Å². The van der Waals surface area contributed by atoms with Crippen LogP contribution in [0.15, 0.2) is 40.2 Å². The fraction of sp³-hybridized carbons (Fsp3) is 0.214. The van der Waals surface area contributed by atoms with Gasteiger partial charge in [-0.05, 0) is 28.1 Å². The zero-order chi connectivity index (χ0) is 13.2. The molecule has 0 saturated heterocycles. The van der Waals surface area contributed by atoms with Gasteiger partial charge < -0.3 is 5.32 Å². The van der Waals surface area contributed by atoms with Crippen molar-refractivity contribution in [2.75, 3.05) is 0 Å². The topological polar surface area (TPSA) is 29.9 Å². The SMILES string of the molecule is Cn1nc(CNCc2cc(Br)cs2)c2ccccc21. The number of thiophene rings is 1. The molecular weight excluding hydrogens is 322 g/mol. The molecule has 2 heterocycles. The van der Waals surface area contributed by atoms with Gasteiger partial charge in [-0.3, -0.25) is 4.68 Å². The number of benzene rings is 1. The third-order valence-corrected chi connectivity index (χ3v) is 4.75. The lowest BCUT2D eigenvalue weighted by Crippen LogP contribution is -2.12. The molecule has 3 nitrogen and oxygen atoms in total. The summed E-state index contributed by atoms with van der Waals surface area (Å²) < 4.78 is 3.09. The lowest BCUT2D eigenvalue weighted by Gasteiger charge is -2.00. The number of para-hydroxylation sites is 1. The van der Waals surface area contributed by atoms with Gasteiger partial charge in [-0.25, -0.2) is 0 Å². The number of fused-ring (bicyclic) bond motifs is 1. The van der Waals surface area contributed by atoms with Gasteiger partial charge in [0.2, 0.25) is 0 Å². The Morgan fingerprint density at radius 2 is 2.16 bits per heavy atom. The van der Waals surface area contributed by atoms with Crippen LogP contribution in [-0.2, 0) is 20.1 Å². The first-order valence-electron chi connectivity index (χ1n) is 6.08. The highest BCUT2D eigenvalue weighted by atomic mass is 79.9. The van der Waals surface area contributed by atoms with Gasteiger partial charge in [0, 0.05) is 40.3 Å². The summed E-state index contributed by atoms with van der Waals surface area (Å²) in [6.07, 6.45) is 0. The van der Waals surface area contributed by atoms with Crippen molar-refractivity contribution in [3.05, 3.63) is 50.8 Å². The minimum absolute atomic E-state index is 0.789. The Bertz CT molecular complexity index is 702. The van der Waals surface area contributed by atoms with Crippen molar-refractivity contribution < 1.29 is 0 Å². The number of hydrogen-bond acceptors (Lipinski definition) is 3. The zero-order valence-electron chi connectivity index (χ0n) is 10.6. The van der Waals surface area contributed by atoms with Gasteiger partial charge in [0.15, 0.2) is 0 Å². The van der Waals surface area contributed by atoms with E-state index in [0.29, 0.717) is 0 Å². The molecule has 1 aromatic carbocycles. The van der Waals surface area contributed by atoms with E-state index in [4.69, 9.17) is 0 Å². The van der Waals surface area contributed by atoms with Crippen molar-refractivity contribution in [3.8, 4) is 0 Å². The van der Waals surface area contributed by atoms with Gasteiger partial charge in [0.05, 0.1) is 11.2 Å². The molecule has 5 heteroatoms. The summed E-state index contributed by atoms with van der Waals surface area (Å²) in [6.45, 7) is 1.66. The van der Waals surface area contributed by atoms with E-state index in [1.807, 2.05) is 17.8 Å². The highest BCUT2D eigenvalue weighted by Gasteiger charge is 2.07. The lowest BCUT2D eigenvalue weighted by molar-refractivity contribution is 0.667. The number of halogens is 1. The second kappa shape index (κ2) is 5.45. The van der Waals surface area contributed by atoms with Gasteiger partial charge in [0.25, 0.3) is 0 Å². The molecule has 3 aromatic rings. The minimum Gasteiger partial charge on any atom is -0.306 e. The smallest absolute Gasteiger partial charge is 0.0841 e. The second-order valence-corrected chi connectivity index (χ2v) is 6.33. The number of aromatic nitrogens is 2. The second-order valence-electron chi connectivity index (χ2n) is 4.42. The molecule has 0 saturated carbocycles. The summed E-state index contributed by atoms with van der Waals surface area (Å²) in [5.41, 5.74) is 2.28. The van der Waals surface area contributed by atoms with Crippen molar-refractivity contribution in [3.63, 3.8) is 0 Å². The first kappa shape index (κ1) is 12.8. The number of rotatable bonds is 4. The fourth-order valence-corrected chi connectivity index (χ4v) is 3.59. The average molecular weight is 336 g/mol. The zero-order valence-corrected chi connectivity index (χ0v) is 13.0. The molecule has 0 atom stereocenters. The molecule has 0 spiro atoms. The average Bonchev–Trinajstić information content (AvgIpc) is 2.96. The minimum atomic E-state index is 0.789. The normalized spacial score (nSPS) is 11.3. The van der Waals surface area contributed by atoms with Gasteiger partial charge >= 0.3 is 0 Å². The van der Waals surface area contributed by atoms with Crippen LogP contribution >= 0.6 is 27.3 Å². The number of aryl methyl sites for hydroxylation is 1. The molecule has 0 aliphatic rings. The van der Waals surface area contributed by atoms with Crippen molar-refractivity contribution in [2.45, 2.75) is 13.1 Å². The summed E-state index contributed by atoms with van der Waals surface area (Å²) in [5.74, 6) is 0. The van der Waals surface area contributed by atoms with Crippen LogP contribution in [0, 0.1) is 0 Å². The first-order chi connectivity index (χ1) is 9.24. The van der Waals surface area contributed by atoms with Crippen LogP contribution in [0.2, 0.25) is 0 Å². The molecule has 0 radical (unpaired) electrons. The molecule has 0 aliphatic heterocycles. The maximum atomic E-state index is 4.57. The summed E-state index contributed by atoms with van der Waals surface area (Å²) in [5, 5.41) is 11.4. The lowest BCUT2D eigenvalue weighted by atomic mass is 10.2. The van der Waals surface area contributed by atoms with Crippen molar-refractivity contribution in [1.29, 1.82) is 0 Å². The summed E-state index contributed by atoms with van der Waals surface area (Å²) >= 11 is 5.23. The molecule has 0 unspecified atom stereocenters. The summed E-state index contributed by atoms with van der Waals surface area (Å²) in [7, 11) is 1.99. The summed E-state index contributed by atoms with van der Waals surface area (Å²) in [4.78, 5) is 1.33. The van der Waals surface area contributed by atoms with E-state index in [1.54, 1.807) is 11.3 Å². The molecule has 1 N–H and O–H groups in total. The van der Waals surface area contributed by atoms with E-state index in [2.05, 4.69) is 56.0 Å². The van der Waals surface area contributed by atoms with E-state index < -0.39 is 0 Å². The van der Waals surface area contributed by atoms with Crippen LogP contribution in [0.4, 0.5) is 0 Å². The third kappa shape index (κ3) is 2.73. The molecule has 0 bridgehead atoms.